The topological polar surface area (TPSA) is 86.8 Å². The van der Waals surface area contributed by atoms with Crippen LogP contribution >= 0.6 is 0 Å². The molecular formula is C18H24N6O. The van der Waals surface area contributed by atoms with E-state index in [9.17, 15) is 4.79 Å². The fourth-order valence-electron chi connectivity index (χ4n) is 3.72. The SMILES string of the molecule is CC1(C)CNC(=O)c2nc(C3CCCN(c4ncccn4)C3)[nH]c2C1. The van der Waals surface area contributed by atoms with Crippen LogP contribution < -0.4 is 10.2 Å². The van der Waals surface area contributed by atoms with E-state index in [1.165, 1.54) is 0 Å². The molecule has 1 saturated heterocycles. The zero-order chi connectivity index (χ0) is 17.4. The molecule has 1 unspecified atom stereocenters. The van der Waals surface area contributed by atoms with Gasteiger partial charge in [0.15, 0.2) is 0 Å². The third-order valence-corrected chi connectivity index (χ3v) is 5.04. The van der Waals surface area contributed by atoms with Crippen LogP contribution in [0.15, 0.2) is 18.5 Å². The lowest BCUT2D eigenvalue weighted by Gasteiger charge is -2.31. The second-order valence-corrected chi connectivity index (χ2v) is 7.81. The normalized spacial score (nSPS) is 22.9. The molecule has 7 heteroatoms. The van der Waals surface area contributed by atoms with E-state index >= 15 is 0 Å². The second-order valence-electron chi connectivity index (χ2n) is 7.81. The molecule has 2 N–H and O–H groups in total. The largest absolute Gasteiger partial charge is 0.350 e. The molecule has 0 spiro atoms. The van der Waals surface area contributed by atoms with Gasteiger partial charge in [-0.1, -0.05) is 13.8 Å². The van der Waals surface area contributed by atoms with Gasteiger partial charge in [-0.05, 0) is 30.7 Å². The van der Waals surface area contributed by atoms with Gasteiger partial charge < -0.3 is 15.2 Å². The third-order valence-electron chi connectivity index (χ3n) is 5.04. The monoisotopic (exact) mass is 340 g/mol. The maximum atomic E-state index is 12.4. The van der Waals surface area contributed by atoms with Gasteiger partial charge in [0.2, 0.25) is 5.95 Å². The first-order chi connectivity index (χ1) is 12.0. The summed E-state index contributed by atoms with van der Waals surface area (Å²) in [6.45, 7) is 6.78. The Labute approximate surface area is 147 Å². The summed E-state index contributed by atoms with van der Waals surface area (Å²) in [6.07, 6.45) is 6.49. The second kappa shape index (κ2) is 6.13. The number of hydrogen-bond acceptors (Lipinski definition) is 5. The molecule has 132 valence electrons. The average Bonchev–Trinajstić information content (AvgIpc) is 2.99. The maximum Gasteiger partial charge on any atom is 0.271 e. The van der Waals surface area contributed by atoms with Gasteiger partial charge in [0.05, 0.1) is 0 Å². The average molecular weight is 340 g/mol. The molecule has 2 aliphatic rings. The van der Waals surface area contributed by atoms with Crippen molar-refractivity contribution in [1.82, 2.24) is 25.3 Å². The van der Waals surface area contributed by atoms with E-state index in [2.05, 4.69) is 44.0 Å². The quantitative estimate of drug-likeness (QED) is 0.872. The number of hydrogen-bond donors (Lipinski definition) is 2. The first-order valence-corrected chi connectivity index (χ1v) is 8.91. The Morgan fingerprint density at radius 1 is 1.28 bits per heavy atom. The van der Waals surface area contributed by atoms with Gasteiger partial charge in [-0.3, -0.25) is 4.79 Å². The molecule has 7 nitrogen and oxygen atoms in total. The number of nitrogens with one attached hydrogen (secondary N) is 2. The van der Waals surface area contributed by atoms with Crippen molar-refractivity contribution in [2.45, 2.75) is 39.0 Å². The number of carbonyl (C=O) groups is 1. The number of H-pyrrole nitrogens is 1. The molecule has 1 amide bonds. The van der Waals surface area contributed by atoms with Crippen LogP contribution in [0.5, 0.6) is 0 Å². The summed E-state index contributed by atoms with van der Waals surface area (Å²) in [7, 11) is 0. The first-order valence-electron chi connectivity index (χ1n) is 8.91. The highest BCUT2D eigenvalue weighted by Gasteiger charge is 2.32. The molecule has 4 rings (SSSR count). The number of piperidine rings is 1. The summed E-state index contributed by atoms with van der Waals surface area (Å²) in [4.78, 5) is 31.4. The Bertz CT molecular complexity index is 769. The molecule has 0 aliphatic carbocycles. The first kappa shape index (κ1) is 16.1. The van der Waals surface area contributed by atoms with Crippen molar-refractivity contribution in [3.63, 3.8) is 0 Å². The predicted octanol–water partition coefficient (Wildman–Crippen LogP) is 1.90. The van der Waals surface area contributed by atoms with Crippen LogP contribution in [-0.4, -0.2) is 45.5 Å². The summed E-state index contributed by atoms with van der Waals surface area (Å²) >= 11 is 0. The van der Waals surface area contributed by atoms with Crippen LogP contribution in [0.2, 0.25) is 0 Å². The van der Waals surface area contributed by atoms with Crippen molar-refractivity contribution in [2.24, 2.45) is 5.41 Å². The van der Waals surface area contributed by atoms with Gasteiger partial charge in [-0.15, -0.1) is 0 Å². The van der Waals surface area contributed by atoms with Crippen LogP contribution in [0.1, 0.15) is 54.6 Å². The Morgan fingerprint density at radius 3 is 2.88 bits per heavy atom. The van der Waals surface area contributed by atoms with Crippen molar-refractivity contribution in [2.75, 3.05) is 24.5 Å². The van der Waals surface area contributed by atoms with Crippen LogP contribution in [0, 0.1) is 5.41 Å². The Hall–Kier alpha value is -2.44. The van der Waals surface area contributed by atoms with Crippen molar-refractivity contribution < 1.29 is 4.79 Å². The lowest BCUT2D eigenvalue weighted by Crippen LogP contribution is -2.36. The molecule has 1 fully saturated rings. The predicted molar refractivity (Wildman–Crippen MR) is 94.6 cm³/mol. The number of anilines is 1. The molecule has 0 aromatic carbocycles. The minimum Gasteiger partial charge on any atom is -0.350 e. The fraction of sp³-hybridized carbons (Fsp3) is 0.556. The molecule has 2 aromatic rings. The number of nitrogens with zero attached hydrogens (tertiary/aromatic N) is 4. The summed E-state index contributed by atoms with van der Waals surface area (Å²) in [5, 5.41) is 2.99. The molecule has 4 heterocycles. The van der Waals surface area contributed by atoms with Gasteiger partial charge >= 0.3 is 0 Å². The summed E-state index contributed by atoms with van der Waals surface area (Å²) in [5.74, 6) is 1.88. The number of rotatable bonds is 2. The number of aromatic nitrogens is 4. The minimum atomic E-state index is -0.0675. The number of amides is 1. The number of imidazole rings is 1. The fourth-order valence-corrected chi connectivity index (χ4v) is 3.72. The van der Waals surface area contributed by atoms with Gasteiger partial charge in [-0.25, -0.2) is 15.0 Å². The smallest absolute Gasteiger partial charge is 0.271 e. The van der Waals surface area contributed by atoms with Crippen LogP contribution in [0.3, 0.4) is 0 Å². The Kier molecular flexibility index (Phi) is 3.94. The Morgan fingerprint density at radius 2 is 2.08 bits per heavy atom. The molecular weight excluding hydrogens is 316 g/mol. The minimum absolute atomic E-state index is 0.0290. The molecule has 0 saturated carbocycles. The van der Waals surface area contributed by atoms with Gasteiger partial charge in [0.1, 0.15) is 11.5 Å². The van der Waals surface area contributed by atoms with Crippen LogP contribution in [0.4, 0.5) is 5.95 Å². The molecule has 2 aliphatic heterocycles. The highest BCUT2D eigenvalue weighted by atomic mass is 16.1. The van der Waals surface area contributed by atoms with E-state index in [-0.39, 0.29) is 17.2 Å². The van der Waals surface area contributed by atoms with Crippen molar-refractivity contribution in [3.05, 3.63) is 35.7 Å². The van der Waals surface area contributed by atoms with E-state index in [4.69, 9.17) is 0 Å². The van der Waals surface area contributed by atoms with Crippen LogP contribution in [0.25, 0.3) is 0 Å². The van der Waals surface area contributed by atoms with E-state index in [0.29, 0.717) is 12.2 Å². The zero-order valence-electron chi connectivity index (χ0n) is 14.7. The van der Waals surface area contributed by atoms with Crippen LogP contribution in [-0.2, 0) is 6.42 Å². The number of carbonyl (C=O) groups excluding carboxylic acids is 1. The van der Waals surface area contributed by atoms with E-state index in [0.717, 1.165) is 49.8 Å². The van der Waals surface area contributed by atoms with E-state index in [1.807, 2.05) is 6.07 Å². The van der Waals surface area contributed by atoms with Crippen molar-refractivity contribution >= 4 is 11.9 Å². The third kappa shape index (κ3) is 3.23. The highest BCUT2D eigenvalue weighted by molar-refractivity contribution is 5.94. The number of fused-ring (bicyclic) bond motifs is 1. The van der Waals surface area contributed by atoms with Crippen molar-refractivity contribution in [1.29, 1.82) is 0 Å². The van der Waals surface area contributed by atoms with Gasteiger partial charge in [-0.2, -0.15) is 0 Å². The van der Waals surface area contributed by atoms with Gasteiger partial charge in [0.25, 0.3) is 5.91 Å². The molecule has 2 aromatic heterocycles. The standard InChI is InChI=1S/C18H24N6O/c1-18(2)9-13-14(16(25)21-11-18)23-15(22-13)12-5-3-8-24(10-12)17-19-6-4-7-20-17/h4,6-7,12H,3,5,8-11H2,1-2H3,(H,21,25)(H,22,23). The number of aromatic amines is 1. The summed E-state index contributed by atoms with van der Waals surface area (Å²) in [5.41, 5.74) is 1.55. The Balaban J connectivity index is 1.58. The molecule has 1 atom stereocenters. The molecule has 0 bridgehead atoms. The van der Waals surface area contributed by atoms with Crippen molar-refractivity contribution in [3.8, 4) is 0 Å². The van der Waals surface area contributed by atoms with Gasteiger partial charge in [0, 0.05) is 43.6 Å². The highest BCUT2D eigenvalue weighted by Crippen LogP contribution is 2.30. The molecule has 0 radical (unpaired) electrons. The van der Waals surface area contributed by atoms with E-state index in [1.54, 1.807) is 12.4 Å². The maximum absolute atomic E-state index is 12.4. The summed E-state index contributed by atoms with van der Waals surface area (Å²) in [6, 6.07) is 1.83. The lowest BCUT2D eigenvalue weighted by molar-refractivity contribution is 0.0940. The van der Waals surface area contributed by atoms with E-state index < -0.39 is 0 Å². The zero-order valence-corrected chi connectivity index (χ0v) is 14.7. The molecule has 25 heavy (non-hydrogen) atoms. The lowest BCUT2D eigenvalue weighted by atomic mass is 9.88. The summed E-state index contributed by atoms with van der Waals surface area (Å²) < 4.78 is 0.